The van der Waals surface area contributed by atoms with Crippen molar-refractivity contribution in [2.45, 2.75) is 56.3 Å². The van der Waals surface area contributed by atoms with E-state index in [9.17, 15) is 8.42 Å². The van der Waals surface area contributed by atoms with E-state index >= 15 is 0 Å². The monoisotopic (exact) mass is 442 g/mol. The SMILES string of the molecule is O=S(=O)(NC1CC1)c1cc(CN2Cc3ccccc3C2)ncc1OCC1CCNCC1. The van der Waals surface area contributed by atoms with E-state index in [1.54, 1.807) is 12.3 Å². The lowest BCUT2D eigenvalue weighted by Gasteiger charge is -2.23. The molecule has 2 aliphatic heterocycles. The number of fused-ring (bicyclic) bond motifs is 1. The lowest BCUT2D eigenvalue weighted by Crippen LogP contribution is -2.31. The summed E-state index contributed by atoms with van der Waals surface area (Å²) in [5.74, 6) is 0.802. The molecule has 166 valence electrons. The maximum atomic E-state index is 13.1. The number of pyridine rings is 1. The Morgan fingerprint density at radius 3 is 2.48 bits per heavy atom. The van der Waals surface area contributed by atoms with Gasteiger partial charge in [-0.15, -0.1) is 0 Å². The predicted octanol–water partition coefficient (Wildman–Crippen LogP) is 2.42. The Hall–Kier alpha value is -2.00. The summed E-state index contributed by atoms with van der Waals surface area (Å²) in [7, 11) is -3.64. The largest absolute Gasteiger partial charge is 0.490 e. The van der Waals surface area contributed by atoms with Gasteiger partial charge in [-0.3, -0.25) is 9.88 Å². The van der Waals surface area contributed by atoms with Crippen molar-refractivity contribution in [2.75, 3.05) is 19.7 Å². The molecule has 2 N–H and O–H groups in total. The molecule has 2 aromatic rings. The predicted molar refractivity (Wildman–Crippen MR) is 118 cm³/mol. The average molecular weight is 443 g/mol. The third-order valence-corrected chi connectivity index (χ3v) is 7.84. The first-order chi connectivity index (χ1) is 15.1. The van der Waals surface area contributed by atoms with Crippen molar-refractivity contribution in [2.24, 2.45) is 5.92 Å². The second-order valence-corrected chi connectivity index (χ2v) is 10.6. The molecule has 1 saturated heterocycles. The summed E-state index contributed by atoms with van der Waals surface area (Å²) in [6.07, 6.45) is 5.48. The highest BCUT2D eigenvalue weighted by molar-refractivity contribution is 7.89. The van der Waals surface area contributed by atoms with Crippen molar-refractivity contribution in [1.82, 2.24) is 19.9 Å². The molecule has 3 heterocycles. The van der Waals surface area contributed by atoms with Gasteiger partial charge in [-0.05, 0) is 61.9 Å². The van der Waals surface area contributed by atoms with Crippen LogP contribution in [0.3, 0.4) is 0 Å². The van der Waals surface area contributed by atoms with Gasteiger partial charge in [-0.2, -0.15) is 0 Å². The van der Waals surface area contributed by atoms with Crippen molar-refractivity contribution in [1.29, 1.82) is 0 Å². The standard InChI is InChI=1S/C23H30N4O3S/c28-31(29,26-20-5-6-20)23-11-21(15-27-13-18-3-1-2-4-19(18)14-27)25-12-22(23)30-16-17-7-9-24-10-8-17/h1-4,11-12,17,20,24,26H,5-10,13-16H2. The van der Waals surface area contributed by atoms with Crippen LogP contribution in [0.25, 0.3) is 0 Å². The molecule has 2 fully saturated rings. The molecule has 1 aromatic heterocycles. The molecular formula is C23H30N4O3S. The van der Waals surface area contributed by atoms with Crippen LogP contribution in [-0.2, 0) is 29.7 Å². The van der Waals surface area contributed by atoms with Gasteiger partial charge in [0.2, 0.25) is 10.0 Å². The summed E-state index contributed by atoms with van der Waals surface area (Å²) in [5.41, 5.74) is 3.40. The number of nitrogens with one attached hydrogen (secondary N) is 2. The number of nitrogens with zero attached hydrogens (tertiary/aromatic N) is 2. The maximum Gasteiger partial charge on any atom is 0.244 e. The zero-order valence-corrected chi connectivity index (χ0v) is 18.5. The van der Waals surface area contributed by atoms with E-state index in [2.05, 4.69) is 44.2 Å². The van der Waals surface area contributed by atoms with E-state index < -0.39 is 10.0 Å². The fourth-order valence-corrected chi connectivity index (χ4v) is 5.82. The van der Waals surface area contributed by atoms with Gasteiger partial charge in [0.1, 0.15) is 4.90 Å². The number of piperidine rings is 1. The van der Waals surface area contributed by atoms with Crippen LogP contribution in [0.2, 0.25) is 0 Å². The van der Waals surface area contributed by atoms with Crippen LogP contribution in [0.5, 0.6) is 5.75 Å². The van der Waals surface area contributed by atoms with Gasteiger partial charge in [0.15, 0.2) is 5.75 Å². The van der Waals surface area contributed by atoms with E-state index in [1.165, 1.54) is 11.1 Å². The van der Waals surface area contributed by atoms with Crippen LogP contribution in [0.15, 0.2) is 41.4 Å². The molecule has 1 aliphatic carbocycles. The van der Waals surface area contributed by atoms with E-state index in [0.717, 1.165) is 57.6 Å². The summed E-state index contributed by atoms with van der Waals surface area (Å²) >= 11 is 0. The minimum Gasteiger partial charge on any atom is -0.490 e. The second kappa shape index (κ2) is 8.86. The smallest absolute Gasteiger partial charge is 0.244 e. The first-order valence-corrected chi connectivity index (χ1v) is 12.7. The summed E-state index contributed by atoms with van der Waals surface area (Å²) < 4.78 is 35.0. The van der Waals surface area contributed by atoms with Crippen LogP contribution >= 0.6 is 0 Å². The Morgan fingerprint density at radius 2 is 1.81 bits per heavy atom. The molecule has 0 radical (unpaired) electrons. The van der Waals surface area contributed by atoms with Crippen LogP contribution in [0, 0.1) is 5.92 Å². The summed E-state index contributed by atoms with van der Waals surface area (Å²) in [4.78, 5) is 7.07. The van der Waals surface area contributed by atoms with Crippen LogP contribution in [0.4, 0.5) is 0 Å². The van der Waals surface area contributed by atoms with Gasteiger partial charge < -0.3 is 10.1 Å². The molecule has 1 aromatic carbocycles. The molecule has 0 amide bonds. The zero-order chi connectivity index (χ0) is 21.3. The number of hydrogen-bond acceptors (Lipinski definition) is 6. The fourth-order valence-electron chi connectivity index (χ4n) is 4.35. The van der Waals surface area contributed by atoms with E-state index in [1.807, 2.05) is 0 Å². The highest BCUT2D eigenvalue weighted by Crippen LogP contribution is 2.30. The van der Waals surface area contributed by atoms with Gasteiger partial charge in [-0.1, -0.05) is 24.3 Å². The fraction of sp³-hybridized carbons (Fsp3) is 0.522. The number of aromatic nitrogens is 1. The van der Waals surface area contributed by atoms with Crippen LogP contribution in [0.1, 0.15) is 42.5 Å². The van der Waals surface area contributed by atoms with Gasteiger partial charge in [-0.25, -0.2) is 13.1 Å². The van der Waals surface area contributed by atoms with E-state index in [-0.39, 0.29) is 10.9 Å². The molecule has 5 rings (SSSR count). The van der Waals surface area contributed by atoms with Crippen molar-refractivity contribution >= 4 is 10.0 Å². The van der Waals surface area contributed by atoms with Crippen molar-refractivity contribution < 1.29 is 13.2 Å². The van der Waals surface area contributed by atoms with Crippen LogP contribution < -0.4 is 14.8 Å². The van der Waals surface area contributed by atoms with Crippen molar-refractivity contribution in [3.05, 3.63) is 53.3 Å². The number of sulfonamides is 1. The Labute approximate surface area is 184 Å². The Balaban J connectivity index is 1.34. The van der Waals surface area contributed by atoms with Crippen LogP contribution in [-0.4, -0.2) is 44.0 Å². The molecule has 1 saturated carbocycles. The lowest BCUT2D eigenvalue weighted by atomic mass is 9.99. The summed E-state index contributed by atoms with van der Waals surface area (Å²) in [6, 6.07) is 10.2. The average Bonchev–Trinajstić information content (AvgIpc) is 3.48. The number of hydrogen-bond donors (Lipinski definition) is 2. The molecule has 3 aliphatic rings. The highest BCUT2D eigenvalue weighted by atomic mass is 32.2. The van der Waals surface area contributed by atoms with Gasteiger partial charge >= 0.3 is 0 Å². The Kier molecular flexibility index (Phi) is 5.97. The minimum atomic E-state index is -3.64. The molecule has 31 heavy (non-hydrogen) atoms. The molecule has 0 atom stereocenters. The Morgan fingerprint density at radius 1 is 1.10 bits per heavy atom. The first-order valence-electron chi connectivity index (χ1n) is 11.2. The van der Waals surface area contributed by atoms with Crippen molar-refractivity contribution in [3.63, 3.8) is 0 Å². The third kappa shape index (κ3) is 5.09. The minimum absolute atomic E-state index is 0.0481. The van der Waals surface area contributed by atoms with E-state index in [0.29, 0.717) is 24.8 Å². The van der Waals surface area contributed by atoms with Gasteiger partial charge in [0.05, 0.1) is 18.5 Å². The second-order valence-electron chi connectivity index (χ2n) is 8.94. The number of benzene rings is 1. The van der Waals surface area contributed by atoms with E-state index in [4.69, 9.17) is 4.74 Å². The molecule has 0 bridgehead atoms. The number of ether oxygens (including phenoxy) is 1. The number of rotatable bonds is 8. The molecule has 0 unspecified atom stereocenters. The van der Waals surface area contributed by atoms with Gasteiger partial charge in [0.25, 0.3) is 0 Å². The normalized spacial score (nSPS) is 20.0. The summed E-state index contributed by atoms with van der Waals surface area (Å²) in [5, 5.41) is 3.35. The zero-order valence-electron chi connectivity index (χ0n) is 17.7. The lowest BCUT2D eigenvalue weighted by molar-refractivity contribution is 0.210. The van der Waals surface area contributed by atoms with Gasteiger partial charge in [0, 0.05) is 25.7 Å². The molecular weight excluding hydrogens is 412 g/mol. The topological polar surface area (TPSA) is 83.6 Å². The first kappa shape index (κ1) is 20.9. The molecule has 8 heteroatoms. The molecule has 7 nitrogen and oxygen atoms in total. The quantitative estimate of drug-likeness (QED) is 0.653. The Bertz CT molecular complexity index is 1010. The summed E-state index contributed by atoms with van der Waals surface area (Å²) in [6.45, 7) is 4.81. The molecule has 0 spiro atoms. The van der Waals surface area contributed by atoms with Crippen molar-refractivity contribution in [3.8, 4) is 5.75 Å². The third-order valence-electron chi connectivity index (χ3n) is 6.30. The highest BCUT2D eigenvalue weighted by Gasteiger charge is 2.31. The maximum absolute atomic E-state index is 13.1.